The van der Waals surface area contributed by atoms with Crippen molar-refractivity contribution in [1.29, 1.82) is 0 Å². The molecular formula is C19H16BrClFN5O3. The minimum atomic E-state index is -0.544. The molecular weight excluding hydrogens is 481 g/mol. The van der Waals surface area contributed by atoms with Gasteiger partial charge in [-0.1, -0.05) is 11.6 Å². The first-order chi connectivity index (χ1) is 14.3. The van der Waals surface area contributed by atoms with Gasteiger partial charge in [0.2, 0.25) is 0 Å². The highest BCUT2D eigenvalue weighted by Crippen LogP contribution is 2.28. The van der Waals surface area contributed by atoms with Gasteiger partial charge < -0.3 is 15.0 Å². The fourth-order valence-corrected chi connectivity index (χ4v) is 4.10. The van der Waals surface area contributed by atoms with Crippen molar-refractivity contribution >= 4 is 50.9 Å². The summed E-state index contributed by atoms with van der Waals surface area (Å²) in [6, 6.07) is 5.58. The third-order valence-electron chi connectivity index (χ3n) is 4.61. The zero-order valence-electron chi connectivity index (χ0n) is 15.7. The number of hydrogen-bond donors (Lipinski definition) is 1. The van der Waals surface area contributed by atoms with E-state index < -0.39 is 5.82 Å². The Hall–Kier alpha value is -2.72. The highest BCUT2D eigenvalue weighted by Gasteiger charge is 2.28. The SMILES string of the molecule is CC(=O)OC1CCN(C(=O)Nc2ccc(-c3cn4nc(Cl)cc(Br)c4n3)c(F)c2)C1. The summed E-state index contributed by atoms with van der Waals surface area (Å²) in [5.41, 5.74) is 1.45. The number of rotatable bonds is 3. The van der Waals surface area contributed by atoms with Crippen molar-refractivity contribution in [2.75, 3.05) is 18.4 Å². The Labute approximate surface area is 184 Å². The number of imidazole rings is 1. The summed E-state index contributed by atoms with van der Waals surface area (Å²) in [7, 11) is 0. The lowest BCUT2D eigenvalue weighted by Gasteiger charge is -2.17. The predicted molar refractivity (Wildman–Crippen MR) is 112 cm³/mol. The summed E-state index contributed by atoms with van der Waals surface area (Å²) in [6.07, 6.45) is 1.83. The number of esters is 1. The fourth-order valence-electron chi connectivity index (χ4n) is 3.29. The average Bonchev–Trinajstić information content (AvgIpc) is 3.28. The number of nitrogens with zero attached hydrogens (tertiary/aromatic N) is 4. The number of aromatic nitrogens is 3. The van der Waals surface area contributed by atoms with Crippen LogP contribution in [0.2, 0.25) is 5.15 Å². The van der Waals surface area contributed by atoms with E-state index in [0.717, 1.165) is 0 Å². The molecule has 1 saturated heterocycles. The third kappa shape index (κ3) is 4.24. The van der Waals surface area contributed by atoms with Crippen molar-refractivity contribution < 1.29 is 18.7 Å². The van der Waals surface area contributed by atoms with Gasteiger partial charge in [-0.05, 0) is 40.2 Å². The first kappa shape index (κ1) is 20.5. The molecule has 11 heteroatoms. The molecule has 1 aromatic carbocycles. The molecule has 1 unspecified atom stereocenters. The first-order valence-electron chi connectivity index (χ1n) is 9.04. The summed E-state index contributed by atoms with van der Waals surface area (Å²) in [5.74, 6) is -0.922. The van der Waals surface area contributed by atoms with E-state index in [1.165, 1.54) is 28.5 Å². The summed E-state index contributed by atoms with van der Waals surface area (Å²) in [5, 5.41) is 7.05. The maximum Gasteiger partial charge on any atom is 0.321 e. The molecule has 2 amide bonds. The summed E-state index contributed by atoms with van der Waals surface area (Å²) in [4.78, 5) is 29.4. The van der Waals surface area contributed by atoms with E-state index >= 15 is 0 Å². The Morgan fingerprint density at radius 2 is 2.17 bits per heavy atom. The standard InChI is InChI=1S/C19H16BrClFN5O3/c1-10(28)30-12-4-5-26(8-12)19(29)23-11-2-3-13(15(22)6-11)16-9-27-18(24-16)14(20)7-17(21)25-27/h2-3,6-7,9,12H,4-5,8H2,1H3,(H,23,29). The molecule has 1 aliphatic heterocycles. The number of hydrogen-bond acceptors (Lipinski definition) is 5. The van der Waals surface area contributed by atoms with E-state index in [9.17, 15) is 14.0 Å². The van der Waals surface area contributed by atoms with E-state index in [4.69, 9.17) is 16.3 Å². The molecule has 1 N–H and O–H groups in total. The normalized spacial score (nSPS) is 16.1. The summed E-state index contributed by atoms with van der Waals surface area (Å²) < 4.78 is 22.0. The largest absolute Gasteiger partial charge is 0.461 e. The maximum atomic E-state index is 14.7. The molecule has 0 radical (unpaired) electrons. The average molecular weight is 497 g/mol. The van der Waals surface area contributed by atoms with Crippen molar-refractivity contribution in [2.45, 2.75) is 19.4 Å². The highest BCUT2D eigenvalue weighted by atomic mass is 79.9. The minimum Gasteiger partial charge on any atom is -0.461 e. The zero-order valence-corrected chi connectivity index (χ0v) is 18.1. The number of carbonyl (C=O) groups excluding carboxylic acids is 2. The van der Waals surface area contributed by atoms with E-state index in [-0.39, 0.29) is 28.8 Å². The van der Waals surface area contributed by atoms with Gasteiger partial charge >= 0.3 is 12.0 Å². The van der Waals surface area contributed by atoms with Gasteiger partial charge in [0.1, 0.15) is 11.9 Å². The van der Waals surface area contributed by atoms with E-state index in [2.05, 4.69) is 31.3 Å². The first-order valence-corrected chi connectivity index (χ1v) is 10.2. The van der Waals surface area contributed by atoms with Crippen molar-refractivity contribution in [2.24, 2.45) is 0 Å². The van der Waals surface area contributed by atoms with Crippen LogP contribution in [0.3, 0.4) is 0 Å². The zero-order chi connectivity index (χ0) is 21.4. The highest BCUT2D eigenvalue weighted by molar-refractivity contribution is 9.10. The second kappa shape index (κ2) is 8.19. The fraction of sp³-hybridized carbons (Fsp3) is 0.263. The van der Waals surface area contributed by atoms with Crippen molar-refractivity contribution in [1.82, 2.24) is 19.5 Å². The predicted octanol–water partition coefficient (Wildman–Crippen LogP) is 4.12. The van der Waals surface area contributed by atoms with E-state index in [1.54, 1.807) is 18.3 Å². The Balaban J connectivity index is 1.49. The molecule has 4 rings (SSSR count). The van der Waals surface area contributed by atoms with Crippen LogP contribution in [-0.4, -0.2) is 50.7 Å². The Bertz CT molecular complexity index is 1150. The van der Waals surface area contributed by atoms with Crippen LogP contribution >= 0.6 is 27.5 Å². The molecule has 1 fully saturated rings. The number of halogens is 3. The van der Waals surface area contributed by atoms with Crippen LogP contribution in [-0.2, 0) is 9.53 Å². The molecule has 8 nitrogen and oxygen atoms in total. The van der Waals surface area contributed by atoms with Crippen LogP contribution < -0.4 is 5.32 Å². The molecule has 2 aromatic heterocycles. The Morgan fingerprint density at radius 3 is 2.90 bits per heavy atom. The number of anilines is 1. The molecule has 0 bridgehead atoms. The number of fused-ring (bicyclic) bond motifs is 1. The molecule has 156 valence electrons. The number of benzene rings is 1. The van der Waals surface area contributed by atoms with Gasteiger partial charge in [-0.25, -0.2) is 18.7 Å². The molecule has 1 aliphatic rings. The van der Waals surface area contributed by atoms with Crippen LogP contribution in [0.5, 0.6) is 0 Å². The molecule has 1 atom stereocenters. The third-order valence-corrected chi connectivity index (χ3v) is 5.38. The lowest BCUT2D eigenvalue weighted by atomic mass is 10.1. The molecule has 30 heavy (non-hydrogen) atoms. The van der Waals surface area contributed by atoms with Gasteiger partial charge in [0, 0.05) is 31.1 Å². The number of nitrogens with one attached hydrogen (secondary N) is 1. The van der Waals surface area contributed by atoms with Gasteiger partial charge in [0.25, 0.3) is 0 Å². The van der Waals surface area contributed by atoms with E-state index in [1.807, 2.05) is 0 Å². The smallest absolute Gasteiger partial charge is 0.321 e. The molecule has 0 saturated carbocycles. The lowest BCUT2D eigenvalue weighted by Crippen LogP contribution is -2.34. The second-order valence-electron chi connectivity index (χ2n) is 6.80. The van der Waals surface area contributed by atoms with Crippen molar-refractivity contribution in [3.63, 3.8) is 0 Å². The number of carbonyl (C=O) groups is 2. The van der Waals surface area contributed by atoms with Gasteiger partial charge in [0.05, 0.1) is 22.9 Å². The van der Waals surface area contributed by atoms with Crippen LogP contribution in [0.25, 0.3) is 16.9 Å². The maximum absolute atomic E-state index is 14.7. The molecule has 0 aliphatic carbocycles. The lowest BCUT2D eigenvalue weighted by molar-refractivity contribution is -0.145. The monoisotopic (exact) mass is 495 g/mol. The van der Waals surface area contributed by atoms with Crippen molar-refractivity contribution in [3.05, 3.63) is 45.9 Å². The molecule has 3 aromatic rings. The van der Waals surface area contributed by atoms with Gasteiger partial charge in [-0.15, -0.1) is 0 Å². The second-order valence-corrected chi connectivity index (χ2v) is 8.04. The number of ether oxygens (including phenoxy) is 1. The number of likely N-dealkylation sites (tertiary alicyclic amines) is 1. The topological polar surface area (TPSA) is 88.8 Å². The van der Waals surface area contributed by atoms with Crippen LogP contribution in [0, 0.1) is 5.82 Å². The summed E-state index contributed by atoms with van der Waals surface area (Å²) >= 11 is 9.29. The van der Waals surface area contributed by atoms with Gasteiger partial charge in [0.15, 0.2) is 10.8 Å². The van der Waals surface area contributed by atoms with Crippen LogP contribution in [0.1, 0.15) is 13.3 Å². The molecule has 0 spiro atoms. The van der Waals surface area contributed by atoms with Crippen LogP contribution in [0.15, 0.2) is 34.9 Å². The molecule has 3 heterocycles. The quantitative estimate of drug-likeness (QED) is 0.551. The number of amides is 2. The Morgan fingerprint density at radius 1 is 1.37 bits per heavy atom. The van der Waals surface area contributed by atoms with Gasteiger partial charge in [-0.2, -0.15) is 5.10 Å². The number of urea groups is 1. The summed E-state index contributed by atoms with van der Waals surface area (Å²) in [6.45, 7) is 2.09. The minimum absolute atomic E-state index is 0.262. The van der Waals surface area contributed by atoms with Crippen LogP contribution in [0.4, 0.5) is 14.9 Å². The Kier molecular flexibility index (Phi) is 5.61. The van der Waals surface area contributed by atoms with Crippen molar-refractivity contribution in [3.8, 4) is 11.3 Å². The van der Waals surface area contributed by atoms with Gasteiger partial charge in [-0.3, -0.25) is 4.79 Å². The van der Waals surface area contributed by atoms with E-state index in [0.29, 0.717) is 41.0 Å².